The number of pyridine rings is 1. The van der Waals surface area contributed by atoms with E-state index in [1.807, 2.05) is 0 Å². The second-order valence-electron chi connectivity index (χ2n) is 9.88. The van der Waals surface area contributed by atoms with Crippen molar-refractivity contribution in [2.24, 2.45) is 17.8 Å². The smallest absolute Gasteiger partial charge is 0.248 e. The number of phenolic OH excluding ortho intramolecular Hbond substituents is 1. The summed E-state index contributed by atoms with van der Waals surface area (Å²) in [6.07, 6.45) is 6.18. The fraction of sp³-hybridized carbons (Fsp3) is 0.560. The van der Waals surface area contributed by atoms with E-state index in [1.165, 1.54) is 36.3 Å². The number of imide groups is 1. The lowest BCUT2D eigenvalue weighted by Gasteiger charge is -2.27. The number of aromatic amines is 1. The van der Waals surface area contributed by atoms with Crippen molar-refractivity contribution in [3.63, 3.8) is 0 Å². The van der Waals surface area contributed by atoms with E-state index in [0.29, 0.717) is 41.8 Å². The maximum atomic E-state index is 13.0. The fourth-order valence-electron chi connectivity index (χ4n) is 6.00. The van der Waals surface area contributed by atoms with Crippen molar-refractivity contribution in [1.29, 1.82) is 0 Å². The number of aliphatic hydroxyl groups excluding tert-OH is 1. The van der Waals surface area contributed by atoms with Crippen molar-refractivity contribution in [2.75, 3.05) is 13.1 Å². The standard InChI is InChI=1S/C25H31N3O5/c29-20-8-6-16(17-7-9-22(31)27-23(17)20)21(30)12-26-15-10-18-19(11-15)25(33)28(24(18)32)13-14-4-2-1-3-5-14/h6-9,14-15,18-19,21,26,29-30H,1-5,10-13H2,(H,27,31)/t15?,18-,19+,21-/m0/s1. The van der Waals surface area contributed by atoms with Crippen molar-refractivity contribution in [3.8, 4) is 5.75 Å². The first-order valence-electron chi connectivity index (χ1n) is 12.0. The molecule has 2 aliphatic carbocycles. The summed E-state index contributed by atoms with van der Waals surface area (Å²) >= 11 is 0. The van der Waals surface area contributed by atoms with Crippen LogP contribution >= 0.6 is 0 Å². The number of carbonyl (C=O) groups excluding carboxylic acids is 2. The molecule has 3 aliphatic rings. The van der Waals surface area contributed by atoms with Crippen molar-refractivity contribution in [2.45, 2.75) is 57.1 Å². The van der Waals surface area contributed by atoms with Gasteiger partial charge in [0, 0.05) is 30.6 Å². The van der Waals surface area contributed by atoms with E-state index >= 15 is 0 Å². The van der Waals surface area contributed by atoms with Gasteiger partial charge < -0.3 is 20.5 Å². The van der Waals surface area contributed by atoms with E-state index < -0.39 is 6.10 Å². The molecule has 2 heterocycles. The second-order valence-corrected chi connectivity index (χ2v) is 9.88. The zero-order chi connectivity index (χ0) is 23.1. The molecule has 0 radical (unpaired) electrons. The highest BCUT2D eigenvalue weighted by Gasteiger charge is 2.52. The van der Waals surface area contributed by atoms with E-state index in [9.17, 15) is 24.6 Å². The molecule has 2 aromatic rings. The number of hydrogen-bond acceptors (Lipinski definition) is 6. The average molecular weight is 454 g/mol. The molecule has 3 fully saturated rings. The van der Waals surface area contributed by atoms with Crippen molar-refractivity contribution in [3.05, 3.63) is 40.2 Å². The van der Waals surface area contributed by atoms with Gasteiger partial charge in [-0.2, -0.15) is 0 Å². The molecule has 1 saturated heterocycles. The SMILES string of the molecule is O=C1[C@H]2CC(NC[C@H](O)c3ccc(O)c4[nH]c(=O)ccc34)C[C@H]2C(=O)N1CC1CCCCC1. The molecule has 2 saturated carbocycles. The number of nitrogens with zero attached hydrogens (tertiary/aromatic N) is 1. The zero-order valence-electron chi connectivity index (χ0n) is 18.6. The fourth-order valence-corrected chi connectivity index (χ4v) is 6.00. The molecule has 1 unspecified atom stereocenters. The van der Waals surface area contributed by atoms with E-state index in [0.717, 1.165) is 12.8 Å². The van der Waals surface area contributed by atoms with Crippen LogP contribution in [0.1, 0.15) is 56.6 Å². The highest BCUT2D eigenvalue weighted by Crippen LogP contribution is 2.41. The van der Waals surface area contributed by atoms with Gasteiger partial charge in [-0.15, -0.1) is 0 Å². The van der Waals surface area contributed by atoms with Crippen LogP contribution in [0.15, 0.2) is 29.1 Å². The first kappa shape index (κ1) is 22.1. The van der Waals surface area contributed by atoms with Gasteiger partial charge in [0.15, 0.2) is 0 Å². The molecule has 1 aromatic heterocycles. The van der Waals surface area contributed by atoms with Gasteiger partial charge in [-0.05, 0) is 49.3 Å². The minimum absolute atomic E-state index is 0.0115. The zero-order valence-corrected chi connectivity index (χ0v) is 18.6. The molecule has 4 atom stereocenters. The van der Waals surface area contributed by atoms with Crippen LogP contribution in [0, 0.1) is 17.8 Å². The third-order valence-electron chi connectivity index (χ3n) is 7.76. The van der Waals surface area contributed by atoms with Crippen LogP contribution in [0.25, 0.3) is 10.9 Å². The van der Waals surface area contributed by atoms with Crippen LogP contribution in [0.2, 0.25) is 0 Å². The predicted molar refractivity (Wildman–Crippen MR) is 122 cm³/mol. The van der Waals surface area contributed by atoms with Gasteiger partial charge in [-0.1, -0.05) is 25.3 Å². The van der Waals surface area contributed by atoms with Crippen molar-refractivity contribution in [1.82, 2.24) is 15.2 Å². The lowest BCUT2D eigenvalue weighted by molar-refractivity contribution is -0.141. The molecule has 5 rings (SSSR count). The van der Waals surface area contributed by atoms with Gasteiger partial charge in [0.05, 0.1) is 23.5 Å². The predicted octanol–water partition coefficient (Wildman–Crippen LogP) is 2.20. The van der Waals surface area contributed by atoms with E-state index in [2.05, 4.69) is 10.3 Å². The summed E-state index contributed by atoms with van der Waals surface area (Å²) in [5.41, 5.74) is 0.561. The van der Waals surface area contributed by atoms with Crippen LogP contribution in [-0.2, 0) is 9.59 Å². The highest BCUT2D eigenvalue weighted by molar-refractivity contribution is 6.05. The number of aromatic hydroxyl groups is 1. The summed E-state index contributed by atoms with van der Waals surface area (Å²) in [5, 5.41) is 24.7. The van der Waals surface area contributed by atoms with Gasteiger partial charge in [-0.25, -0.2) is 0 Å². The summed E-state index contributed by atoms with van der Waals surface area (Å²) in [5.74, 6) is -0.150. The third kappa shape index (κ3) is 4.17. The van der Waals surface area contributed by atoms with Crippen LogP contribution in [0.5, 0.6) is 5.75 Å². The van der Waals surface area contributed by atoms with Crippen molar-refractivity contribution >= 4 is 22.7 Å². The number of hydrogen-bond donors (Lipinski definition) is 4. The first-order valence-corrected chi connectivity index (χ1v) is 12.0. The lowest BCUT2D eigenvalue weighted by Crippen LogP contribution is -2.39. The van der Waals surface area contributed by atoms with Crippen LogP contribution in [0.4, 0.5) is 0 Å². The molecule has 176 valence electrons. The summed E-state index contributed by atoms with van der Waals surface area (Å²) in [4.78, 5) is 41.6. The second kappa shape index (κ2) is 8.91. The molecule has 8 nitrogen and oxygen atoms in total. The molecule has 33 heavy (non-hydrogen) atoms. The number of likely N-dealkylation sites (tertiary alicyclic amines) is 1. The Morgan fingerprint density at radius 1 is 1.00 bits per heavy atom. The van der Waals surface area contributed by atoms with E-state index in [1.54, 1.807) is 12.1 Å². The molecule has 4 N–H and O–H groups in total. The number of H-pyrrole nitrogens is 1. The van der Waals surface area contributed by atoms with Gasteiger partial charge in [-0.3, -0.25) is 19.3 Å². The number of aliphatic hydroxyl groups is 1. The Morgan fingerprint density at radius 2 is 1.70 bits per heavy atom. The summed E-state index contributed by atoms with van der Waals surface area (Å²) < 4.78 is 0. The minimum Gasteiger partial charge on any atom is -0.506 e. The maximum absolute atomic E-state index is 13.0. The monoisotopic (exact) mass is 453 g/mol. The highest BCUT2D eigenvalue weighted by atomic mass is 16.3. The Kier molecular flexibility index (Phi) is 5.97. The number of benzene rings is 1. The topological polar surface area (TPSA) is 123 Å². The molecule has 0 spiro atoms. The molecule has 0 bridgehead atoms. The first-order chi connectivity index (χ1) is 15.9. The molecular weight excluding hydrogens is 422 g/mol. The number of nitrogens with one attached hydrogen (secondary N) is 2. The Balaban J connectivity index is 1.20. The van der Waals surface area contributed by atoms with Crippen LogP contribution in [-0.4, -0.2) is 51.0 Å². The minimum atomic E-state index is -0.867. The Labute approximate surface area is 192 Å². The molecule has 8 heteroatoms. The number of carbonyl (C=O) groups is 2. The van der Waals surface area contributed by atoms with Crippen LogP contribution < -0.4 is 10.9 Å². The Bertz CT molecular complexity index is 1100. The van der Waals surface area contributed by atoms with Crippen LogP contribution in [0.3, 0.4) is 0 Å². The number of rotatable bonds is 6. The molecule has 2 amide bonds. The van der Waals surface area contributed by atoms with Crippen molar-refractivity contribution < 1.29 is 19.8 Å². The normalized spacial score (nSPS) is 26.8. The summed E-state index contributed by atoms with van der Waals surface area (Å²) in [6, 6.07) is 6.03. The largest absolute Gasteiger partial charge is 0.506 e. The number of aromatic nitrogens is 1. The Hall–Kier alpha value is -2.71. The average Bonchev–Trinajstić information content (AvgIpc) is 3.33. The number of amides is 2. The Morgan fingerprint density at radius 3 is 2.39 bits per heavy atom. The van der Waals surface area contributed by atoms with E-state index in [4.69, 9.17) is 0 Å². The summed E-state index contributed by atoms with van der Waals surface area (Å²) in [7, 11) is 0. The van der Waals surface area contributed by atoms with Gasteiger partial charge in [0.1, 0.15) is 5.75 Å². The lowest BCUT2D eigenvalue weighted by atomic mass is 9.89. The maximum Gasteiger partial charge on any atom is 0.248 e. The quantitative estimate of drug-likeness (QED) is 0.498. The molecular formula is C25H31N3O5. The number of phenols is 1. The summed E-state index contributed by atoms with van der Waals surface area (Å²) in [6.45, 7) is 0.828. The molecule has 1 aromatic carbocycles. The third-order valence-corrected chi connectivity index (χ3v) is 7.76. The number of fused-ring (bicyclic) bond motifs is 2. The van der Waals surface area contributed by atoms with Gasteiger partial charge in [0.25, 0.3) is 0 Å². The van der Waals surface area contributed by atoms with Gasteiger partial charge in [0.2, 0.25) is 17.4 Å². The molecule has 1 aliphatic heterocycles. The van der Waals surface area contributed by atoms with Gasteiger partial charge >= 0.3 is 0 Å². The van der Waals surface area contributed by atoms with E-state index in [-0.39, 0.29) is 47.5 Å².